The highest BCUT2D eigenvalue weighted by molar-refractivity contribution is 5.44. The van der Waals surface area contributed by atoms with Crippen molar-refractivity contribution >= 4 is 0 Å². The fourth-order valence-electron chi connectivity index (χ4n) is 5.22. The molecular formula is C26H20F3N3O. The van der Waals surface area contributed by atoms with Crippen molar-refractivity contribution in [3.05, 3.63) is 113 Å². The molecule has 4 nitrogen and oxygen atoms in total. The number of hydrogen-bond donors (Lipinski definition) is 1. The quantitative estimate of drug-likeness (QED) is 0.595. The van der Waals surface area contributed by atoms with Crippen LogP contribution in [0.4, 0.5) is 13.2 Å². The first kappa shape index (κ1) is 21.2. The number of hydrogen-bond acceptors (Lipinski definition) is 3. The predicted molar refractivity (Wildman–Crippen MR) is 115 cm³/mol. The van der Waals surface area contributed by atoms with Crippen LogP contribution in [0.5, 0.6) is 0 Å². The van der Waals surface area contributed by atoms with Crippen molar-refractivity contribution < 1.29 is 18.3 Å². The van der Waals surface area contributed by atoms with Gasteiger partial charge in [-0.05, 0) is 41.3 Å². The first-order chi connectivity index (χ1) is 15.8. The molecule has 0 radical (unpaired) electrons. The number of rotatable bonds is 3. The van der Waals surface area contributed by atoms with Crippen LogP contribution in [0.1, 0.15) is 47.7 Å². The molecule has 1 aliphatic carbocycles. The molecule has 0 saturated heterocycles. The van der Waals surface area contributed by atoms with Gasteiger partial charge in [0.25, 0.3) is 0 Å². The van der Waals surface area contributed by atoms with Gasteiger partial charge in [-0.15, -0.1) is 0 Å². The molecule has 2 heterocycles. The van der Waals surface area contributed by atoms with E-state index in [-0.39, 0.29) is 23.8 Å². The van der Waals surface area contributed by atoms with Crippen LogP contribution < -0.4 is 0 Å². The number of imidazole rings is 1. The molecular weight excluding hydrogens is 427 g/mol. The van der Waals surface area contributed by atoms with Gasteiger partial charge >= 0.3 is 0 Å². The molecule has 33 heavy (non-hydrogen) atoms. The van der Waals surface area contributed by atoms with Crippen LogP contribution in [0.3, 0.4) is 0 Å². The lowest BCUT2D eigenvalue weighted by atomic mass is 9.71. The van der Waals surface area contributed by atoms with Gasteiger partial charge in [0.2, 0.25) is 0 Å². The van der Waals surface area contributed by atoms with Crippen molar-refractivity contribution in [3.8, 4) is 6.07 Å². The minimum absolute atomic E-state index is 0.169. The molecule has 2 aromatic carbocycles. The Labute approximate surface area is 188 Å². The Balaban J connectivity index is 1.54. The molecule has 1 aliphatic heterocycles. The first-order valence-electron chi connectivity index (χ1n) is 10.6. The molecule has 166 valence electrons. The van der Waals surface area contributed by atoms with Crippen molar-refractivity contribution in [1.82, 2.24) is 9.55 Å². The van der Waals surface area contributed by atoms with Gasteiger partial charge in [0.15, 0.2) is 0 Å². The number of benzene rings is 2. The first-order valence-corrected chi connectivity index (χ1v) is 10.6. The van der Waals surface area contributed by atoms with E-state index in [0.29, 0.717) is 22.4 Å². The van der Waals surface area contributed by atoms with Gasteiger partial charge in [0, 0.05) is 24.0 Å². The van der Waals surface area contributed by atoms with Gasteiger partial charge in [-0.3, -0.25) is 0 Å². The second-order valence-electron chi connectivity index (χ2n) is 8.64. The van der Waals surface area contributed by atoms with E-state index in [1.807, 2.05) is 25.1 Å². The summed E-state index contributed by atoms with van der Waals surface area (Å²) in [5.41, 5.74) is 0.788. The minimum Gasteiger partial charge on any atom is -0.379 e. The SMILES string of the molecule is CC1C([C@@]2(O)C[C@H](c3ccc(C#N)cc3F)n3cncc32)=CC=CC1c1cc(F)cc(F)c1. The number of halogens is 3. The normalized spacial score (nSPS) is 26.1. The third kappa shape index (κ3) is 3.38. The Morgan fingerprint density at radius 1 is 1.15 bits per heavy atom. The largest absolute Gasteiger partial charge is 0.379 e. The number of aromatic nitrogens is 2. The summed E-state index contributed by atoms with van der Waals surface area (Å²) in [6.45, 7) is 1.90. The fraction of sp³-hybridized carbons (Fsp3) is 0.231. The maximum Gasteiger partial charge on any atom is 0.130 e. The van der Waals surface area contributed by atoms with Crippen molar-refractivity contribution in [2.45, 2.75) is 30.9 Å². The van der Waals surface area contributed by atoms with E-state index >= 15 is 0 Å². The summed E-state index contributed by atoms with van der Waals surface area (Å²) in [6.07, 6.45) is 8.73. The van der Waals surface area contributed by atoms with Gasteiger partial charge in [-0.2, -0.15) is 5.26 Å². The molecule has 4 atom stereocenters. The van der Waals surface area contributed by atoms with Gasteiger partial charge < -0.3 is 9.67 Å². The van der Waals surface area contributed by atoms with Crippen molar-refractivity contribution in [3.63, 3.8) is 0 Å². The maximum atomic E-state index is 14.9. The topological polar surface area (TPSA) is 61.8 Å². The monoisotopic (exact) mass is 447 g/mol. The van der Waals surface area contributed by atoms with Gasteiger partial charge in [0.05, 0.1) is 35.9 Å². The molecule has 2 aliphatic rings. The van der Waals surface area contributed by atoms with E-state index in [0.717, 1.165) is 6.07 Å². The summed E-state index contributed by atoms with van der Waals surface area (Å²) < 4.78 is 44.3. The fourth-order valence-corrected chi connectivity index (χ4v) is 5.22. The lowest BCUT2D eigenvalue weighted by molar-refractivity contribution is 0.0627. The maximum absolute atomic E-state index is 14.9. The third-order valence-electron chi connectivity index (χ3n) is 6.77. The standard InChI is InChI=1S/C26H20F3N3O/c1-15-20(17-8-18(27)10-19(28)9-17)3-2-4-22(15)26(33)11-24(32-14-31-13-25(26)32)21-6-5-16(12-30)7-23(21)29/h2-10,13-15,20,24,33H,11H2,1H3/t15?,20?,24-,26+/m1/s1. The second kappa shape index (κ2) is 7.75. The number of aliphatic hydroxyl groups is 1. The van der Waals surface area contributed by atoms with Gasteiger partial charge in [-0.1, -0.05) is 31.2 Å². The number of allylic oxidation sites excluding steroid dienone is 3. The molecule has 2 unspecified atom stereocenters. The zero-order valence-corrected chi connectivity index (χ0v) is 17.7. The van der Waals surface area contributed by atoms with Crippen molar-refractivity contribution in [2.75, 3.05) is 0 Å². The second-order valence-corrected chi connectivity index (χ2v) is 8.64. The Morgan fingerprint density at radius 3 is 2.61 bits per heavy atom. The highest BCUT2D eigenvalue weighted by atomic mass is 19.1. The van der Waals surface area contributed by atoms with E-state index in [9.17, 15) is 18.3 Å². The number of nitrogens with zero attached hydrogens (tertiary/aromatic N) is 3. The average molecular weight is 447 g/mol. The smallest absolute Gasteiger partial charge is 0.130 e. The van der Waals surface area contributed by atoms with Crippen LogP contribution in [-0.4, -0.2) is 14.7 Å². The summed E-state index contributed by atoms with van der Waals surface area (Å²) >= 11 is 0. The van der Waals surface area contributed by atoms with Gasteiger partial charge in [-0.25, -0.2) is 18.2 Å². The zero-order chi connectivity index (χ0) is 23.3. The van der Waals surface area contributed by atoms with E-state index in [1.54, 1.807) is 35.3 Å². The number of nitriles is 1. The summed E-state index contributed by atoms with van der Waals surface area (Å²) in [7, 11) is 0. The van der Waals surface area contributed by atoms with Crippen LogP contribution >= 0.6 is 0 Å². The highest BCUT2D eigenvalue weighted by Crippen LogP contribution is 2.52. The Bertz CT molecular complexity index is 1330. The van der Waals surface area contributed by atoms with Crippen LogP contribution in [0.2, 0.25) is 0 Å². The summed E-state index contributed by atoms with van der Waals surface area (Å²) in [5, 5.41) is 21.0. The molecule has 0 amide bonds. The molecule has 0 spiro atoms. The molecule has 3 aromatic rings. The van der Waals surface area contributed by atoms with Crippen molar-refractivity contribution in [2.24, 2.45) is 5.92 Å². The zero-order valence-electron chi connectivity index (χ0n) is 17.7. The summed E-state index contributed by atoms with van der Waals surface area (Å²) in [6, 6.07) is 9.12. The van der Waals surface area contributed by atoms with Gasteiger partial charge in [0.1, 0.15) is 23.1 Å². The lowest BCUT2D eigenvalue weighted by Crippen LogP contribution is -2.32. The van der Waals surface area contributed by atoms with Crippen LogP contribution in [-0.2, 0) is 5.60 Å². The van der Waals surface area contributed by atoms with E-state index in [1.165, 1.54) is 18.2 Å². The van der Waals surface area contributed by atoms with Crippen molar-refractivity contribution in [1.29, 1.82) is 5.26 Å². The molecule has 0 fully saturated rings. The molecule has 0 bridgehead atoms. The summed E-state index contributed by atoms with van der Waals surface area (Å²) in [4.78, 5) is 4.18. The Hall–Kier alpha value is -3.63. The average Bonchev–Trinajstić information content (AvgIpc) is 3.37. The van der Waals surface area contributed by atoms with Crippen LogP contribution in [0, 0.1) is 34.7 Å². The van der Waals surface area contributed by atoms with Crippen LogP contribution in [0.15, 0.2) is 72.7 Å². The Kier molecular flexibility index (Phi) is 4.98. The highest BCUT2D eigenvalue weighted by Gasteiger charge is 2.49. The minimum atomic E-state index is -1.45. The number of fused-ring (bicyclic) bond motifs is 1. The lowest BCUT2D eigenvalue weighted by Gasteiger charge is -2.35. The van der Waals surface area contributed by atoms with E-state index in [2.05, 4.69) is 4.98 Å². The molecule has 0 saturated carbocycles. The molecule has 5 rings (SSSR count). The third-order valence-corrected chi connectivity index (χ3v) is 6.77. The molecule has 1 aromatic heterocycles. The van der Waals surface area contributed by atoms with E-state index in [4.69, 9.17) is 5.26 Å². The Morgan fingerprint density at radius 2 is 1.91 bits per heavy atom. The molecule has 1 N–H and O–H groups in total. The summed E-state index contributed by atoms with van der Waals surface area (Å²) in [5.74, 6) is -2.47. The molecule has 7 heteroatoms. The van der Waals surface area contributed by atoms with E-state index < -0.39 is 29.1 Å². The predicted octanol–water partition coefficient (Wildman–Crippen LogP) is 5.27. The van der Waals surface area contributed by atoms with Crippen LogP contribution in [0.25, 0.3) is 0 Å².